The molecule has 0 saturated heterocycles. The molecular weight excluding hydrogens is 316 g/mol. The van der Waals surface area contributed by atoms with Gasteiger partial charge >= 0.3 is 0 Å². The lowest BCUT2D eigenvalue weighted by Gasteiger charge is -2.16. The van der Waals surface area contributed by atoms with Crippen molar-refractivity contribution in [3.63, 3.8) is 0 Å². The first-order chi connectivity index (χ1) is 12.9. The molecule has 1 heteroatoms. The number of hydrogen-bond acceptors (Lipinski definition) is 1. The van der Waals surface area contributed by atoms with Crippen molar-refractivity contribution in [3.05, 3.63) is 78.9 Å². The molecule has 0 N–H and O–H groups in total. The van der Waals surface area contributed by atoms with Gasteiger partial charge in [0, 0.05) is 5.56 Å². The van der Waals surface area contributed by atoms with Gasteiger partial charge in [-0.15, -0.1) is 0 Å². The fraction of sp³-hybridized carbons (Fsp3) is 0.280. The summed E-state index contributed by atoms with van der Waals surface area (Å²) in [4.78, 5) is 0. The highest BCUT2D eigenvalue weighted by molar-refractivity contribution is 5.87. The lowest BCUT2D eigenvalue weighted by Crippen LogP contribution is -2.00. The van der Waals surface area contributed by atoms with Crippen LogP contribution in [0.4, 0.5) is 0 Å². The second-order valence-corrected chi connectivity index (χ2v) is 6.67. The van der Waals surface area contributed by atoms with Gasteiger partial charge in [-0.05, 0) is 29.2 Å². The third-order valence-corrected chi connectivity index (χ3v) is 4.68. The first-order valence-electron chi connectivity index (χ1n) is 9.77. The second-order valence-electron chi connectivity index (χ2n) is 6.67. The Hall–Kier alpha value is -2.54. The summed E-state index contributed by atoms with van der Waals surface area (Å²) in [6, 6.07) is 27.5. The maximum Gasteiger partial charge on any atom is 0.127 e. The molecule has 0 unspecified atom stereocenters. The average Bonchev–Trinajstić information content (AvgIpc) is 2.71. The molecule has 0 radical (unpaired) electrons. The number of unbranched alkanes of at least 4 members (excludes halogenated alkanes) is 4. The summed E-state index contributed by atoms with van der Waals surface area (Å²) in [5.74, 6) is 0.980. The van der Waals surface area contributed by atoms with Gasteiger partial charge in [-0.1, -0.05) is 105 Å². The van der Waals surface area contributed by atoms with Crippen LogP contribution in [0.3, 0.4) is 0 Å². The fourth-order valence-electron chi connectivity index (χ4n) is 3.30. The Labute approximate surface area is 157 Å². The zero-order valence-electron chi connectivity index (χ0n) is 15.7. The summed E-state index contributed by atoms with van der Waals surface area (Å²) in [5, 5.41) is 0. The Kier molecular flexibility index (Phi) is 6.89. The molecule has 0 heterocycles. The first kappa shape index (κ1) is 18.3. The van der Waals surface area contributed by atoms with Crippen LogP contribution < -0.4 is 4.74 Å². The number of hydrogen-bond donors (Lipinski definition) is 0. The van der Waals surface area contributed by atoms with Crippen molar-refractivity contribution in [2.45, 2.75) is 39.0 Å². The van der Waals surface area contributed by atoms with Gasteiger partial charge in [-0.25, -0.2) is 0 Å². The summed E-state index contributed by atoms with van der Waals surface area (Å²) in [5.41, 5.74) is 4.83. The molecule has 0 fully saturated rings. The van der Waals surface area contributed by atoms with Crippen molar-refractivity contribution in [1.29, 1.82) is 0 Å². The number of rotatable bonds is 9. The molecule has 0 aliphatic carbocycles. The van der Waals surface area contributed by atoms with Crippen molar-refractivity contribution >= 4 is 0 Å². The largest absolute Gasteiger partial charge is 0.493 e. The molecule has 0 spiro atoms. The maximum atomic E-state index is 6.23. The molecule has 0 saturated carbocycles. The Bertz CT molecular complexity index is 778. The Morgan fingerprint density at radius 2 is 1.27 bits per heavy atom. The SMILES string of the molecule is CCCCCCCOc1cccc(-c2ccccc2)c1-c1ccccc1. The molecule has 1 nitrogen and oxygen atoms in total. The highest BCUT2D eigenvalue weighted by Gasteiger charge is 2.13. The highest BCUT2D eigenvalue weighted by Crippen LogP contribution is 2.39. The van der Waals surface area contributed by atoms with Crippen LogP contribution in [0, 0.1) is 0 Å². The van der Waals surface area contributed by atoms with Gasteiger partial charge in [0.25, 0.3) is 0 Å². The molecule has 3 aromatic carbocycles. The van der Waals surface area contributed by atoms with E-state index in [4.69, 9.17) is 4.74 Å². The molecule has 0 amide bonds. The van der Waals surface area contributed by atoms with Crippen LogP contribution in [0.25, 0.3) is 22.3 Å². The zero-order chi connectivity index (χ0) is 18.0. The number of benzene rings is 3. The van der Waals surface area contributed by atoms with Gasteiger partial charge < -0.3 is 4.74 Å². The van der Waals surface area contributed by atoms with E-state index >= 15 is 0 Å². The molecule has 0 aliphatic rings. The van der Waals surface area contributed by atoms with E-state index in [1.54, 1.807) is 0 Å². The summed E-state index contributed by atoms with van der Waals surface area (Å²) in [6.07, 6.45) is 6.25. The van der Waals surface area contributed by atoms with Gasteiger partial charge in [0.2, 0.25) is 0 Å². The smallest absolute Gasteiger partial charge is 0.127 e. The molecule has 0 aromatic heterocycles. The van der Waals surface area contributed by atoms with E-state index in [-0.39, 0.29) is 0 Å². The third kappa shape index (κ3) is 4.76. The monoisotopic (exact) mass is 344 g/mol. The van der Waals surface area contributed by atoms with E-state index in [2.05, 4.69) is 85.8 Å². The van der Waals surface area contributed by atoms with E-state index in [9.17, 15) is 0 Å². The standard InChI is InChI=1S/C25H28O/c1-2-3-4-5-12-20-26-24-19-13-18-23(21-14-8-6-9-15-21)25(24)22-16-10-7-11-17-22/h6-11,13-19H,2-5,12,20H2,1H3. The zero-order valence-corrected chi connectivity index (χ0v) is 15.7. The van der Waals surface area contributed by atoms with Crippen LogP contribution >= 0.6 is 0 Å². The minimum atomic E-state index is 0.780. The molecule has 0 aliphatic heterocycles. The van der Waals surface area contributed by atoms with E-state index in [1.807, 2.05) is 0 Å². The van der Waals surface area contributed by atoms with E-state index in [0.717, 1.165) is 18.8 Å². The van der Waals surface area contributed by atoms with Crippen LogP contribution in [0.15, 0.2) is 78.9 Å². The van der Waals surface area contributed by atoms with E-state index < -0.39 is 0 Å². The molecule has 0 bridgehead atoms. The summed E-state index contributed by atoms with van der Waals surface area (Å²) in [6.45, 7) is 3.03. The van der Waals surface area contributed by atoms with Crippen molar-refractivity contribution in [2.75, 3.05) is 6.61 Å². The summed E-state index contributed by atoms with van der Waals surface area (Å²) < 4.78 is 6.23. The van der Waals surface area contributed by atoms with E-state index in [1.165, 1.54) is 47.9 Å². The predicted molar refractivity (Wildman–Crippen MR) is 112 cm³/mol. The van der Waals surface area contributed by atoms with Crippen molar-refractivity contribution in [2.24, 2.45) is 0 Å². The Morgan fingerprint density at radius 1 is 0.615 bits per heavy atom. The molecule has 26 heavy (non-hydrogen) atoms. The molecule has 3 aromatic rings. The minimum absolute atomic E-state index is 0.780. The molecular formula is C25H28O. The van der Waals surface area contributed by atoms with Crippen LogP contribution in [0.5, 0.6) is 5.75 Å². The Morgan fingerprint density at radius 3 is 1.96 bits per heavy atom. The van der Waals surface area contributed by atoms with E-state index in [0.29, 0.717) is 0 Å². The maximum absolute atomic E-state index is 6.23. The third-order valence-electron chi connectivity index (χ3n) is 4.68. The highest BCUT2D eigenvalue weighted by atomic mass is 16.5. The molecule has 0 atom stereocenters. The molecule has 134 valence electrons. The molecule has 3 rings (SSSR count). The Balaban J connectivity index is 1.87. The van der Waals surface area contributed by atoms with Gasteiger partial charge in [-0.3, -0.25) is 0 Å². The van der Waals surface area contributed by atoms with Crippen LogP contribution in [0.1, 0.15) is 39.0 Å². The summed E-state index contributed by atoms with van der Waals surface area (Å²) >= 11 is 0. The predicted octanol–water partition coefficient (Wildman–Crippen LogP) is 7.37. The normalized spacial score (nSPS) is 10.7. The second kappa shape index (κ2) is 9.82. The average molecular weight is 344 g/mol. The fourth-order valence-corrected chi connectivity index (χ4v) is 3.30. The number of ether oxygens (including phenoxy) is 1. The van der Waals surface area contributed by atoms with Gasteiger partial charge in [0.1, 0.15) is 5.75 Å². The quantitative estimate of drug-likeness (QED) is 0.368. The van der Waals surface area contributed by atoms with Crippen molar-refractivity contribution in [3.8, 4) is 28.0 Å². The van der Waals surface area contributed by atoms with Crippen LogP contribution in [-0.2, 0) is 0 Å². The van der Waals surface area contributed by atoms with Gasteiger partial charge in [0.15, 0.2) is 0 Å². The lowest BCUT2D eigenvalue weighted by atomic mass is 9.94. The summed E-state index contributed by atoms with van der Waals surface area (Å²) in [7, 11) is 0. The van der Waals surface area contributed by atoms with Crippen molar-refractivity contribution in [1.82, 2.24) is 0 Å². The van der Waals surface area contributed by atoms with Crippen LogP contribution in [-0.4, -0.2) is 6.61 Å². The van der Waals surface area contributed by atoms with Crippen molar-refractivity contribution < 1.29 is 4.74 Å². The van der Waals surface area contributed by atoms with Gasteiger partial charge in [0.05, 0.1) is 6.61 Å². The topological polar surface area (TPSA) is 9.23 Å². The van der Waals surface area contributed by atoms with Crippen LogP contribution in [0.2, 0.25) is 0 Å². The minimum Gasteiger partial charge on any atom is -0.493 e. The lowest BCUT2D eigenvalue weighted by molar-refractivity contribution is 0.306. The first-order valence-corrected chi connectivity index (χ1v) is 9.77. The van der Waals surface area contributed by atoms with Gasteiger partial charge in [-0.2, -0.15) is 0 Å².